The fourth-order valence-electron chi connectivity index (χ4n) is 11.1. The van der Waals surface area contributed by atoms with Crippen LogP contribution in [0.25, 0.3) is 32.8 Å². The van der Waals surface area contributed by atoms with Gasteiger partial charge in [0, 0.05) is 42.4 Å². The third-order valence-corrected chi connectivity index (χ3v) is 20.2. The molecular formula is C44H52ClF3N4O2Si. The Morgan fingerprint density at radius 1 is 1.00 bits per heavy atom. The number of halogens is 4. The van der Waals surface area contributed by atoms with Crippen LogP contribution in [-0.4, -0.2) is 72.5 Å². The fraction of sp³-hybridized carbons (Fsp3) is 0.545. The molecule has 6 nitrogen and oxygen atoms in total. The largest absolute Gasteiger partial charge is 0.508 e. The zero-order valence-corrected chi connectivity index (χ0v) is 34.5. The highest BCUT2D eigenvalue weighted by Gasteiger charge is 2.49. The van der Waals surface area contributed by atoms with Gasteiger partial charge in [-0.3, -0.25) is 4.90 Å². The number of fused-ring (bicyclic) bond motifs is 5. The van der Waals surface area contributed by atoms with E-state index in [9.17, 15) is 9.50 Å². The highest BCUT2D eigenvalue weighted by atomic mass is 35.5. The number of ether oxygens (including phenoxy) is 1. The number of rotatable bonds is 8. The summed E-state index contributed by atoms with van der Waals surface area (Å²) >= 11 is 7.11. The van der Waals surface area contributed by atoms with Crippen LogP contribution in [0.3, 0.4) is 0 Å². The van der Waals surface area contributed by atoms with Crippen molar-refractivity contribution >= 4 is 47.2 Å². The van der Waals surface area contributed by atoms with Gasteiger partial charge in [0.05, 0.1) is 16.1 Å². The van der Waals surface area contributed by atoms with Gasteiger partial charge in [0.15, 0.2) is 5.82 Å². The van der Waals surface area contributed by atoms with Crippen LogP contribution in [0, 0.1) is 34.9 Å². The van der Waals surface area contributed by atoms with Crippen LogP contribution in [0.5, 0.6) is 11.8 Å². The summed E-state index contributed by atoms with van der Waals surface area (Å²) in [6, 6.07) is 7.64. The summed E-state index contributed by atoms with van der Waals surface area (Å²) in [5.74, 6) is 3.55. The molecule has 0 amide bonds. The van der Waals surface area contributed by atoms with Crippen LogP contribution in [0.4, 0.5) is 19.0 Å². The molecule has 4 aliphatic rings. The van der Waals surface area contributed by atoms with Gasteiger partial charge in [-0.05, 0) is 102 Å². The second-order valence-corrected chi connectivity index (χ2v) is 23.7. The number of aromatic nitrogens is 2. The molecule has 292 valence electrons. The molecule has 2 bridgehead atoms. The summed E-state index contributed by atoms with van der Waals surface area (Å²) in [4.78, 5) is 14.0. The van der Waals surface area contributed by atoms with Crippen LogP contribution in [0.2, 0.25) is 21.6 Å². The van der Waals surface area contributed by atoms with Crippen LogP contribution in [0.15, 0.2) is 30.3 Å². The third kappa shape index (κ3) is 6.56. The highest BCUT2D eigenvalue weighted by Crippen LogP contribution is 2.47. The van der Waals surface area contributed by atoms with Crippen molar-refractivity contribution in [2.24, 2.45) is 11.8 Å². The number of hydrogen-bond donors (Lipinski definition) is 1. The maximum absolute atomic E-state index is 17.6. The number of hydrogen-bond acceptors (Lipinski definition) is 6. The van der Waals surface area contributed by atoms with Gasteiger partial charge in [-0.1, -0.05) is 65.1 Å². The van der Waals surface area contributed by atoms with Gasteiger partial charge < -0.3 is 14.7 Å². The molecule has 11 heteroatoms. The standard InChI is InChI=1S/C44H52ClF3N4O2Si/c1-25(2)55(26(3)4,27(5)6)15-12-33-37(47)11-10-30-17-32(53)18-34(38(30)33)39-36(45)19-35-41(40(39)48)49-43(50-42(35)51-21-28-8-9-29(16-28)22-51)54-24-44-13-7-14-52(44)23-31(46)20-44/h10-11,17-19,25-29,31,53H,7-9,13-14,16,20-24H2,1-6H3/t28?,29?,31-,44+/m1/s1. The molecule has 3 aromatic carbocycles. The van der Waals surface area contributed by atoms with Gasteiger partial charge in [0.25, 0.3) is 0 Å². The Morgan fingerprint density at radius 2 is 1.71 bits per heavy atom. The molecule has 0 radical (unpaired) electrons. The highest BCUT2D eigenvalue weighted by molar-refractivity contribution is 6.90. The molecule has 0 spiro atoms. The van der Waals surface area contributed by atoms with E-state index in [1.807, 2.05) is 0 Å². The summed E-state index contributed by atoms with van der Waals surface area (Å²) in [5, 5.41) is 12.5. The molecule has 55 heavy (non-hydrogen) atoms. The zero-order valence-electron chi connectivity index (χ0n) is 32.8. The smallest absolute Gasteiger partial charge is 0.319 e. The predicted molar refractivity (Wildman–Crippen MR) is 219 cm³/mol. The molecule has 8 rings (SSSR count). The Kier molecular flexibility index (Phi) is 10.1. The molecule has 3 aliphatic heterocycles. The molecule has 2 unspecified atom stereocenters. The number of nitrogens with zero attached hydrogens (tertiary/aromatic N) is 4. The Hall–Kier alpha value is -3.52. The maximum atomic E-state index is 17.6. The van der Waals surface area contributed by atoms with Crippen molar-refractivity contribution in [3.05, 3.63) is 52.6 Å². The molecule has 3 saturated heterocycles. The fourth-order valence-corrected chi connectivity index (χ4v) is 16.6. The second kappa shape index (κ2) is 14.4. The second-order valence-electron chi connectivity index (χ2n) is 17.7. The topological polar surface area (TPSA) is 61.7 Å². The van der Waals surface area contributed by atoms with Gasteiger partial charge >= 0.3 is 6.01 Å². The van der Waals surface area contributed by atoms with E-state index >= 15 is 8.78 Å². The van der Waals surface area contributed by atoms with Crippen molar-refractivity contribution in [1.29, 1.82) is 0 Å². The van der Waals surface area contributed by atoms with Gasteiger partial charge in [0.2, 0.25) is 0 Å². The normalized spacial score (nSPS) is 24.1. The molecule has 4 atom stereocenters. The summed E-state index contributed by atoms with van der Waals surface area (Å²) in [6.07, 6.45) is 4.73. The Labute approximate surface area is 328 Å². The van der Waals surface area contributed by atoms with Crippen LogP contribution in [0.1, 0.15) is 85.6 Å². The van der Waals surface area contributed by atoms with Crippen molar-refractivity contribution in [3.8, 4) is 34.4 Å². The first-order valence-corrected chi connectivity index (χ1v) is 22.8. The van der Waals surface area contributed by atoms with Crippen molar-refractivity contribution in [2.45, 2.75) is 108 Å². The summed E-state index contributed by atoms with van der Waals surface area (Å²) in [6.45, 7) is 16.2. The molecule has 1 aliphatic carbocycles. The number of alkyl halides is 1. The van der Waals surface area contributed by atoms with Crippen LogP contribution < -0.4 is 9.64 Å². The van der Waals surface area contributed by atoms with Crippen molar-refractivity contribution in [1.82, 2.24) is 14.9 Å². The van der Waals surface area contributed by atoms with E-state index < -0.39 is 31.4 Å². The number of aromatic hydroxyl groups is 1. The first kappa shape index (κ1) is 38.4. The Morgan fingerprint density at radius 3 is 2.40 bits per heavy atom. The van der Waals surface area contributed by atoms with E-state index in [0.29, 0.717) is 63.4 Å². The van der Waals surface area contributed by atoms with E-state index in [-0.39, 0.29) is 45.6 Å². The number of benzene rings is 3. The minimum Gasteiger partial charge on any atom is -0.508 e. The lowest BCUT2D eigenvalue weighted by molar-refractivity contribution is 0.107. The SMILES string of the molecule is CC(C)[Si](C#Cc1c(F)ccc2cc(O)cc(-c3c(Cl)cc4c(N5CC6CCC(C6)C5)nc(OC[C@@]56CCCN5C[C@H](F)C6)nc4c3F)c12)(C(C)C)C(C)C. The number of anilines is 1. The third-order valence-electron chi connectivity index (χ3n) is 13.6. The lowest BCUT2D eigenvalue weighted by atomic mass is 9.92. The van der Waals surface area contributed by atoms with Gasteiger partial charge in [-0.25, -0.2) is 13.2 Å². The van der Waals surface area contributed by atoms with Crippen LogP contribution in [-0.2, 0) is 0 Å². The molecule has 4 fully saturated rings. The van der Waals surface area contributed by atoms with Crippen molar-refractivity contribution < 1.29 is 23.0 Å². The summed E-state index contributed by atoms with van der Waals surface area (Å²) < 4.78 is 54.7. The summed E-state index contributed by atoms with van der Waals surface area (Å²) in [7, 11) is -2.29. The summed E-state index contributed by atoms with van der Waals surface area (Å²) in [5.41, 5.74) is 4.56. The lowest BCUT2D eigenvalue weighted by Crippen LogP contribution is -2.43. The number of phenolic OH excluding ortho intramolecular Hbond substituents is 1. The maximum Gasteiger partial charge on any atom is 0.319 e. The van der Waals surface area contributed by atoms with E-state index in [1.165, 1.54) is 18.6 Å². The van der Waals surface area contributed by atoms with Gasteiger partial charge in [0.1, 0.15) is 43.8 Å². The van der Waals surface area contributed by atoms with Crippen molar-refractivity contribution in [2.75, 3.05) is 37.7 Å². The van der Waals surface area contributed by atoms with E-state index in [2.05, 4.69) is 62.8 Å². The first-order chi connectivity index (χ1) is 26.2. The van der Waals surface area contributed by atoms with Crippen LogP contribution >= 0.6 is 11.6 Å². The van der Waals surface area contributed by atoms with Crippen molar-refractivity contribution in [3.63, 3.8) is 0 Å². The zero-order chi connectivity index (χ0) is 39.0. The predicted octanol–water partition coefficient (Wildman–Crippen LogP) is 10.8. The minimum atomic E-state index is -2.29. The monoisotopic (exact) mass is 788 g/mol. The van der Waals surface area contributed by atoms with E-state index in [1.54, 1.807) is 18.2 Å². The van der Waals surface area contributed by atoms with E-state index in [4.69, 9.17) is 26.3 Å². The Bertz CT molecular complexity index is 2190. The minimum absolute atomic E-state index is 0.00487. The first-order valence-electron chi connectivity index (χ1n) is 20.2. The molecule has 4 heterocycles. The molecular weight excluding hydrogens is 737 g/mol. The number of phenols is 1. The molecule has 1 saturated carbocycles. The average Bonchev–Trinajstić information content (AvgIpc) is 3.77. The molecule has 1 N–H and O–H groups in total. The molecule has 4 aromatic rings. The molecule has 1 aromatic heterocycles. The van der Waals surface area contributed by atoms with Gasteiger partial charge in [-0.15, -0.1) is 5.54 Å². The lowest BCUT2D eigenvalue weighted by Gasteiger charge is -2.38. The number of piperidine rings is 1. The van der Waals surface area contributed by atoms with E-state index in [0.717, 1.165) is 45.3 Å². The van der Waals surface area contributed by atoms with Gasteiger partial charge in [-0.2, -0.15) is 9.97 Å². The average molecular weight is 789 g/mol. The Balaban J connectivity index is 1.31. The quantitative estimate of drug-likeness (QED) is 0.142.